The quantitative estimate of drug-likeness (QED) is 0.763. The van der Waals surface area contributed by atoms with E-state index in [2.05, 4.69) is 4.98 Å². The normalized spacial score (nSPS) is 10.3. The molecule has 0 spiro atoms. The van der Waals surface area contributed by atoms with Crippen LogP contribution in [0.1, 0.15) is 20.7 Å². The van der Waals surface area contributed by atoms with Crippen LogP contribution in [0.15, 0.2) is 66.7 Å². The van der Waals surface area contributed by atoms with Gasteiger partial charge in [0.1, 0.15) is 0 Å². The molecule has 0 aliphatic rings. The van der Waals surface area contributed by atoms with Gasteiger partial charge < -0.3 is 10.2 Å². The largest absolute Gasteiger partial charge is 0.478 e. The molecule has 1 aromatic heterocycles. The molecule has 118 valence electrons. The Balaban J connectivity index is 2.04. The Bertz CT molecular complexity index is 861. The second-order valence-electron chi connectivity index (χ2n) is 5.18. The fraction of sp³-hybridized carbons (Fsp3) is 0. The molecule has 2 N–H and O–H groups in total. The smallest absolute Gasteiger partial charge is 0.335 e. The molecular weight excluding hydrogens is 306 g/mol. The number of benzene rings is 2. The molecule has 0 saturated heterocycles. The molecule has 5 nitrogen and oxygen atoms in total. The number of carboxylic acid groups (broad SMARTS) is 2. The van der Waals surface area contributed by atoms with Crippen molar-refractivity contribution >= 4 is 11.9 Å². The zero-order valence-corrected chi connectivity index (χ0v) is 12.5. The van der Waals surface area contributed by atoms with Gasteiger partial charge in [-0.25, -0.2) is 14.6 Å². The van der Waals surface area contributed by atoms with Crippen LogP contribution in [0, 0.1) is 0 Å². The average molecular weight is 319 g/mol. The fourth-order valence-corrected chi connectivity index (χ4v) is 2.38. The van der Waals surface area contributed by atoms with Crippen LogP contribution in [0.2, 0.25) is 0 Å². The molecule has 0 aliphatic heterocycles. The van der Waals surface area contributed by atoms with Crippen molar-refractivity contribution < 1.29 is 19.8 Å². The summed E-state index contributed by atoms with van der Waals surface area (Å²) in [5.41, 5.74) is 2.99. The zero-order chi connectivity index (χ0) is 17.1. The van der Waals surface area contributed by atoms with E-state index in [1.165, 1.54) is 12.1 Å². The number of carboxylic acids is 2. The zero-order valence-electron chi connectivity index (χ0n) is 12.5. The summed E-state index contributed by atoms with van der Waals surface area (Å²) >= 11 is 0. The lowest BCUT2D eigenvalue weighted by molar-refractivity contribution is 0.0686. The van der Waals surface area contributed by atoms with Crippen LogP contribution in [0.25, 0.3) is 22.5 Å². The molecule has 0 saturated carbocycles. The first-order chi connectivity index (χ1) is 11.5. The van der Waals surface area contributed by atoms with Gasteiger partial charge in [-0.15, -0.1) is 0 Å². The number of hydrogen-bond donors (Lipinski definition) is 2. The van der Waals surface area contributed by atoms with Gasteiger partial charge in [0, 0.05) is 11.1 Å². The van der Waals surface area contributed by atoms with Crippen molar-refractivity contribution in [3.8, 4) is 22.5 Å². The molecule has 1 heterocycles. The van der Waals surface area contributed by atoms with E-state index in [1.807, 2.05) is 0 Å². The monoisotopic (exact) mass is 319 g/mol. The van der Waals surface area contributed by atoms with Crippen LogP contribution in [0.4, 0.5) is 0 Å². The number of rotatable bonds is 4. The van der Waals surface area contributed by atoms with Gasteiger partial charge in [0.25, 0.3) is 0 Å². The molecule has 0 atom stereocenters. The molecule has 0 bridgehead atoms. The predicted octanol–water partition coefficient (Wildman–Crippen LogP) is 3.81. The number of hydrogen-bond acceptors (Lipinski definition) is 3. The van der Waals surface area contributed by atoms with E-state index in [0.29, 0.717) is 22.5 Å². The van der Waals surface area contributed by atoms with Crippen molar-refractivity contribution in [3.05, 3.63) is 77.9 Å². The molecule has 0 fully saturated rings. The Morgan fingerprint density at radius 2 is 1.08 bits per heavy atom. The van der Waals surface area contributed by atoms with E-state index in [-0.39, 0.29) is 11.1 Å². The maximum atomic E-state index is 11.1. The van der Waals surface area contributed by atoms with Crippen LogP contribution in [0.5, 0.6) is 0 Å². The first-order valence-corrected chi connectivity index (χ1v) is 7.19. The van der Waals surface area contributed by atoms with Gasteiger partial charge >= 0.3 is 11.9 Å². The number of aromatic carboxylic acids is 2. The molecular formula is C19H13NO4. The highest BCUT2D eigenvalue weighted by Gasteiger charge is 2.09. The number of aromatic nitrogens is 1. The minimum atomic E-state index is -0.998. The van der Waals surface area contributed by atoms with E-state index in [1.54, 1.807) is 54.6 Å². The minimum Gasteiger partial charge on any atom is -0.478 e. The van der Waals surface area contributed by atoms with E-state index in [9.17, 15) is 9.59 Å². The van der Waals surface area contributed by atoms with Crippen LogP contribution >= 0.6 is 0 Å². The Morgan fingerprint density at radius 3 is 1.50 bits per heavy atom. The van der Waals surface area contributed by atoms with E-state index >= 15 is 0 Å². The van der Waals surface area contributed by atoms with Crippen molar-refractivity contribution in [3.63, 3.8) is 0 Å². The molecule has 0 amide bonds. The highest BCUT2D eigenvalue weighted by atomic mass is 16.4. The van der Waals surface area contributed by atoms with Gasteiger partial charge in [0.15, 0.2) is 0 Å². The molecule has 5 heteroatoms. The topological polar surface area (TPSA) is 87.5 Å². The maximum Gasteiger partial charge on any atom is 0.335 e. The minimum absolute atomic E-state index is 0.188. The molecule has 2 aromatic carbocycles. The predicted molar refractivity (Wildman–Crippen MR) is 89.0 cm³/mol. The second kappa shape index (κ2) is 6.34. The first kappa shape index (κ1) is 15.4. The molecule has 0 aliphatic carbocycles. The van der Waals surface area contributed by atoms with Crippen molar-refractivity contribution in [1.29, 1.82) is 0 Å². The lowest BCUT2D eigenvalue weighted by Gasteiger charge is -2.06. The lowest BCUT2D eigenvalue weighted by Crippen LogP contribution is -1.97. The first-order valence-electron chi connectivity index (χ1n) is 7.19. The van der Waals surface area contributed by atoms with Crippen LogP contribution in [-0.4, -0.2) is 27.1 Å². The standard InChI is InChI=1S/C19H13NO4/c21-18(22)14-6-1-4-12(10-14)16-8-3-9-17(20-16)13-5-2-7-15(11-13)19(23)24/h1-11H,(H,21,22)(H,23,24). The summed E-state index contributed by atoms with van der Waals surface area (Å²) in [4.78, 5) is 26.7. The van der Waals surface area contributed by atoms with Gasteiger partial charge in [-0.2, -0.15) is 0 Å². The lowest BCUT2D eigenvalue weighted by atomic mass is 10.0. The van der Waals surface area contributed by atoms with Crippen LogP contribution in [-0.2, 0) is 0 Å². The van der Waals surface area contributed by atoms with Gasteiger partial charge in [-0.1, -0.05) is 30.3 Å². The maximum absolute atomic E-state index is 11.1. The highest BCUT2D eigenvalue weighted by molar-refractivity contribution is 5.90. The van der Waals surface area contributed by atoms with Crippen molar-refractivity contribution in [2.45, 2.75) is 0 Å². The summed E-state index contributed by atoms with van der Waals surface area (Å²) in [6, 6.07) is 18.4. The van der Waals surface area contributed by atoms with Gasteiger partial charge in [0.05, 0.1) is 22.5 Å². The Labute approximate surface area is 137 Å². The Kier molecular flexibility index (Phi) is 4.07. The fourth-order valence-electron chi connectivity index (χ4n) is 2.38. The van der Waals surface area contributed by atoms with E-state index in [0.717, 1.165) is 0 Å². The van der Waals surface area contributed by atoms with Gasteiger partial charge in [0.2, 0.25) is 0 Å². The van der Waals surface area contributed by atoms with E-state index in [4.69, 9.17) is 10.2 Å². The van der Waals surface area contributed by atoms with Crippen molar-refractivity contribution in [1.82, 2.24) is 4.98 Å². The number of pyridine rings is 1. The average Bonchev–Trinajstić information content (AvgIpc) is 2.62. The van der Waals surface area contributed by atoms with Crippen LogP contribution < -0.4 is 0 Å². The van der Waals surface area contributed by atoms with Gasteiger partial charge in [-0.3, -0.25) is 0 Å². The third kappa shape index (κ3) is 3.15. The SMILES string of the molecule is O=C(O)c1cccc(-c2cccc(-c3cccc(C(=O)O)c3)n2)c1. The molecule has 3 aromatic rings. The van der Waals surface area contributed by atoms with Crippen molar-refractivity contribution in [2.75, 3.05) is 0 Å². The van der Waals surface area contributed by atoms with Gasteiger partial charge in [-0.05, 0) is 36.4 Å². The molecule has 0 unspecified atom stereocenters. The third-order valence-electron chi connectivity index (χ3n) is 3.56. The molecule has 24 heavy (non-hydrogen) atoms. The Hall–Kier alpha value is -3.47. The Morgan fingerprint density at radius 1 is 0.667 bits per heavy atom. The summed E-state index contributed by atoms with van der Waals surface area (Å²) < 4.78 is 0. The number of carbonyl (C=O) groups is 2. The second-order valence-corrected chi connectivity index (χ2v) is 5.18. The highest BCUT2D eigenvalue weighted by Crippen LogP contribution is 2.24. The third-order valence-corrected chi connectivity index (χ3v) is 3.56. The van der Waals surface area contributed by atoms with E-state index < -0.39 is 11.9 Å². The van der Waals surface area contributed by atoms with Crippen LogP contribution in [0.3, 0.4) is 0 Å². The summed E-state index contributed by atoms with van der Waals surface area (Å²) in [7, 11) is 0. The van der Waals surface area contributed by atoms with Crippen molar-refractivity contribution in [2.24, 2.45) is 0 Å². The summed E-state index contributed by atoms with van der Waals surface area (Å²) in [5, 5.41) is 18.2. The summed E-state index contributed by atoms with van der Waals surface area (Å²) in [5.74, 6) is -2.00. The number of nitrogens with zero attached hydrogens (tertiary/aromatic N) is 1. The summed E-state index contributed by atoms with van der Waals surface area (Å²) in [6.45, 7) is 0. The molecule has 3 rings (SSSR count). The molecule has 0 radical (unpaired) electrons. The summed E-state index contributed by atoms with van der Waals surface area (Å²) in [6.07, 6.45) is 0.